The molecule has 1 N–H and O–H groups in total. The van der Waals surface area contributed by atoms with Gasteiger partial charge in [-0.3, -0.25) is 9.59 Å². The normalized spacial score (nSPS) is 20.2. The van der Waals surface area contributed by atoms with Crippen molar-refractivity contribution in [2.24, 2.45) is 0 Å². The summed E-state index contributed by atoms with van der Waals surface area (Å²) < 4.78 is 24.6. The van der Waals surface area contributed by atoms with Crippen LogP contribution in [0.3, 0.4) is 0 Å². The second-order valence-electron chi connectivity index (χ2n) is 3.89. The number of ketones is 2. The Bertz CT molecular complexity index is 756. The maximum absolute atomic E-state index is 12.3. The Labute approximate surface area is 103 Å². The number of hydrogen-bond donors (Lipinski definition) is 1. The summed E-state index contributed by atoms with van der Waals surface area (Å²) in [6.07, 6.45) is 2.38. The van der Waals surface area contributed by atoms with Gasteiger partial charge in [0.15, 0.2) is 0 Å². The summed E-state index contributed by atoms with van der Waals surface area (Å²) in [5.41, 5.74) is 0.557. The monoisotopic (exact) mass is 261 g/mol. The Balaban J connectivity index is 2.33. The minimum atomic E-state index is -3.93. The zero-order chi connectivity index (χ0) is 12.9. The first-order valence-corrected chi connectivity index (χ1v) is 6.62. The van der Waals surface area contributed by atoms with Crippen LogP contribution in [0.4, 0.5) is 5.69 Å². The Hall–Kier alpha value is -2.21. The van der Waals surface area contributed by atoms with E-state index in [1.807, 2.05) is 0 Å². The van der Waals surface area contributed by atoms with Gasteiger partial charge in [0.2, 0.25) is 21.4 Å². The minimum absolute atomic E-state index is 0.0141. The summed E-state index contributed by atoms with van der Waals surface area (Å²) in [6, 6.07) is 6.25. The molecule has 1 aliphatic heterocycles. The van der Waals surface area contributed by atoms with Gasteiger partial charge in [0.1, 0.15) is 4.91 Å². The van der Waals surface area contributed by atoms with Gasteiger partial charge in [0, 0.05) is 0 Å². The number of anilines is 1. The van der Waals surface area contributed by atoms with Crippen molar-refractivity contribution in [2.45, 2.75) is 4.90 Å². The molecule has 0 spiro atoms. The van der Waals surface area contributed by atoms with Gasteiger partial charge in [-0.15, -0.1) is 0 Å². The first-order chi connectivity index (χ1) is 8.51. The zero-order valence-corrected chi connectivity index (χ0v) is 9.82. The second kappa shape index (κ2) is 3.39. The van der Waals surface area contributed by atoms with Crippen molar-refractivity contribution >= 4 is 27.1 Å². The number of carbonyl (C=O) groups excluding carboxylic acids is 2. The molecule has 0 aromatic heterocycles. The molecule has 1 aliphatic carbocycles. The highest BCUT2D eigenvalue weighted by molar-refractivity contribution is 7.96. The lowest BCUT2D eigenvalue weighted by Crippen LogP contribution is -2.30. The summed E-state index contributed by atoms with van der Waals surface area (Å²) in [4.78, 5) is 22.5. The van der Waals surface area contributed by atoms with Crippen LogP contribution in [-0.2, 0) is 19.4 Å². The molecule has 0 atom stereocenters. The van der Waals surface area contributed by atoms with E-state index in [0.717, 1.165) is 6.08 Å². The molecule has 90 valence electrons. The average Bonchev–Trinajstić information content (AvgIpc) is 2.33. The highest BCUT2D eigenvalue weighted by atomic mass is 32.2. The van der Waals surface area contributed by atoms with Crippen molar-refractivity contribution in [1.82, 2.24) is 0 Å². The molecule has 1 aromatic carbocycles. The molecular weight excluding hydrogens is 254 g/mol. The second-order valence-corrected chi connectivity index (χ2v) is 5.75. The molecule has 0 radical (unpaired) electrons. The summed E-state index contributed by atoms with van der Waals surface area (Å²) in [6.45, 7) is 0. The maximum Gasteiger partial charge on any atom is 0.246 e. The van der Waals surface area contributed by atoms with E-state index in [4.69, 9.17) is 0 Å². The summed E-state index contributed by atoms with van der Waals surface area (Å²) in [5.74, 6) is -1.81. The van der Waals surface area contributed by atoms with E-state index in [1.165, 1.54) is 12.1 Å². The number of allylic oxidation sites excluding steroid dienone is 3. The molecule has 2 aliphatic rings. The van der Waals surface area contributed by atoms with Crippen molar-refractivity contribution < 1.29 is 18.0 Å². The van der Waals surface area contributed by atoms with Crippen molar-refractivity contribution in [3.8, 4) is 0 Å². The Morgan fingerprint density at radius 3 is 2.50 bits per heavy atom. The molecule has 5 nitrogen and oxygen atoms in total. The van der Waals surface area contributed by atoms with Crippen molar-refractivity contribution in [3.63, 3.8) is 0 Å². The zero-order valence-electron chi connectivity index (χ0n) is 9.01. The molecule has 0 bridgehead atoms. The molecule has 0 saturated carbocycles. The largest absolute Gasteiger partial charge is 0.353 e. The molecule has 3 rings (SSSR count). The number of fused-ring (bicyclic) bond motifs is 1. The Morgan fingerprint density at radius 1 is 1.00 bits per heavy atom. The number of benzene rings is 1. The fourth-order valence-electron chi connectivity index (χ4n) is 1.97. The fourth-order valence-corrected chi connectivity index (χ4v) is 3.61. The van der Waals surface area contributed by atoms with E-state index in [1.54, 1.807) is 18.2 Å². The molecule has 0 amide bonds. The predicted molar refractivity (Wildman–Crippen MR) is 63.4 cm³/mol. The molecule has 0 unspecified atom stereocenters. The maximum atomic E-state index is 12.3. The van der Waals surface area contributed by atoms with E-state index >= 15 is 0 Å². The predicted octanol–water partition coefficient (Wildman–Crippen LogP) is 0.805. The molecule has 1 heterocycles. The van der Waals surface area contributed by atoms with Crippen LogP contribution >= 0.6 is 0 Å². The van der Waals surface area contributed by atoms with Crippen LogP contribution < -0.4 is 5.32 Å². The number of sulfone groups is 1. The van der Waals surface area contributed by atoms with Gasteiger partial charge < -0.3 is 5.32 Å². The number of nitrogens with one attached hydrogen (secondary N) is 1. The molecular formula is C12H7NO4S. The average molecular weight is 261 g/mol. The Kier molecular flexibility index (Phi) is 2.06. The van der Waals surface area contributed by atoms with Crippen LogP contribution in [0.5, 0.6) is 0 Å². The number of carbonyl (C=O) groups is 2. The van der Waals surface area contributed by atoms with Crippen molar-refractivity contribution in [3.05, 3.63) is 47.0 Å². The van der Waals surface area contributed by atoms with E-state index in [-0.39, 0.29) is 10.6 Å². The topological polar surface area (TPSA) is 80.3 Å². The van der Waals surface area contributed by atoms with Gasteiger partial charge in [0.05, 0.1) is 16.3 Å². The number of para-hydroxylation sites is 1. The Morgan fingerprint density at radius 2 is 1.72 bits per heavy atom. The SMILES string of the molecule is O=C1C=CC2=C(C1=O)S(=O)(=O)c1ccccc1N2. The number of Topliss-reactive ketones (excluding diaryl/α,β-unsaturated/α-hetero) is 1. The third kappa shape index (κ3) is 1.29. The van der Waals surface area contributed by atoms with Crippen molar-refractivity contribution in [1.29, 1.82) is 0 Å². The highest BCUT2D eigenvalue weighted by Crippen LogP contribution is 2.36. The van der Waals surface area contributed by atoms with E-state index in [9.17, 15) is 18.0 Å². The van der Waals surface area contributed by atoms with E-state index < -0.39 is 26.3 Å². The molecule has 18 heavy (non-hydrogen) atoms. The van der Waals surface area contributed by atoms with Gasteiger partial charge in [-0.2, -0.15) is 0 Å². The van der Waals surface area contributed by atoms with Gasteiger partial charge >= 0.3 is 0 Å². The summed E-state index contributed by atoms with van der Waals surface area (Å²) in [7, 11) is -3.93. The molecule has 6 heteroatoms. The van der Waals surface area contributed by atoms with Gasteiger partial charge in [-0.05, 0) is 24.3 Å². The van der Waals surface area contributed by atoms with Gasteiger partial charge in [0.25, 0.3) is 0 Å². The van der Waals surface area contributed by atoms with Crippen LogP contribution in [-0.4, -0.2) is 20.0 Å². The summed E-state index contributed by atoms with van der Waals surface area (Å²) >= 11 is 0. The minimum Gasteiger partial charge on any atom is -0.353 e. The van der Waals surface area contributed by atoms with E-state index in [2.05, 4.69) is 5.32 Å². The van der Waals surface area contributed by atoms with Crippen LogP contribution in [0.15, 0.2) is 51.9 Å². The summed E-state index contributed by atoms with van der Waals surface area (Å²) in [5, 5.41) is 2.85. The lowest BCUT2D eigenvalue weighted by molar-refractivity contribution is -0.131. The molecule has 1 aromatic rings. The third-order valence-electron chi connectivity index (χ3n) is 2.79. The number of rotatable bonds is 0. The van der Waals surface area contributed by atoms with Crippen LogP contribution in [0, 0.1) is 0 Å². The standard InChI is InChI=1S/C12H7NO4S/c14-9-6-5-8-12(11(9)15)18(16,17)10-4-2-1-3-7(10)13-8/h1-6,13H. The van der Waals surface area contributed by atoms with Gasteiger partial charge in [-0.1, -0.05) is 12.1 Å². The van der Waals surface area contributed by atoms with Crippen molar-refractivity contribution in [2.75, 3.05) is 5.32 Å². The first kappa shape index (κ1) is 10.9. The smallest absolute Gasteiger partial charge is 0.246 e. The van der Waals surface area contributed by atoms with Crippen LogP contribution in [0.25, 0.3) is 0 Å². The highest BCUT2D eigenvalue weighted by Gasteiger charge is 2.39. The van der Waals surface area contributed by atoms with E-state index in [0.29, 0.717) is 5.69 Å². The fraction of sp³-hybridized carbons (Fsp3) is 0. The van der Waals surface area contributed by atoms with Crippen LogP contribution in [0.2, 0.25) is 0 Å². The quantitative estimate of drug-likeness (QED) is 0.552. The molecule has 0 fully saturated rings. The molecule has 0 saturated heterocycles. The first-order valence-electron chi connectivity index (χ1n) is 5.14. The van der Waals surface area contributed by atoms with Crippen LogP contribution in [0.1, 0.15) is 0 Å². The lowest BCUT2D eigenvalue weighted by Gasteiger charge is -2.23. The third-order valence-corrected chi connectivity index (χ3v) is 4.67. The lowest BCUT2D eigenvalue weighted by atomic mass is 10.1. The number of hydrogen-bond acceptors (Lipinski definition) is 5. The van der Waals surface area contributed by atoms with Gasteiger partial charge in [-0.25, -0.2) is 8.42 Å².